The third-order valence-electron chi connectivity index (χ3n) is 7.37. The Morgan fingerprint density at radius 1 is 1.00 bits per heavy atom. The Hall–Kier alpha value is -3.90. The van der Waals surface area contributed by atoms with Gasteiger partial charge in [0.25, 0.3) is 0 Å². The predicted octanol–water partition coefficient (Wildman–Crippen LogP) is 6.61. The highest BCUT2D eigenvalue weighted by atomic mass is 16.5. The smallest absolute Gasteiger partial charge is 0.122 e. The summed E-state index contributed by atoms with van der Waals surface area (Å²) in [6, 6.07) is 23.4. The van der Waals surface area contributed by atoms with Crippen LogP contribution in [0.1, 0.15) is 47.4 Å². The Morgan fingerprint density at radius 3 is 2.52 bits per heavy atom. The lowest BCUT2D eigenvalue weighted by atomic mass is 9.75. The van der Waals surface area contributed by atoms with Gasteiger partial charge in [0.2, 0.25) is 0 Å². The number of nitrogens with zero attached hydrogens (tertiary/aromatic N) is 3. The first-order valence-corrected chi connectivity index (χ1v) is 14.0. The zero-order valence-electron chi connectivity index (χ0n) is 24.3. The van der Waals surface area contributed by atoms with Gasteiger partial charge in [-0.15, -0.1) is 0 Å². The SMILES string of the molecule is C=N/C=C1/CC(c2ccc(NCCc3cc(OC)ccc3OC)cc2)c2ccccc2C1=NCCCCN(C)C. The normalized spacial score (nSPS) is 16.7. The first-order valence-electron chi connectivity index (χ1n) is 14.0. The molecule has 6 nitrogen and oxygen atoms in total. The molecule has 3 aromatic rings. The van der Waals surface area contributed by atoms with Crippen molar-refractivity contribution in [2.45, 2.75) is 31.6 Å². The Labute approximate surface area is 239 Å². The minimum Gasteiger partial charge on any atom is -0.497 e. The van der Waals surface area contributed by atoms with E-state index in [9.17, 15) is 0 Å². The number of hydrogen-bond acceptors (Lipinski definition) is 6. The quantitative estimate of drug-likeness (QED) is 0.197. The van der Waals surface area contributed by atoms with E-state index >= 15 is 0 Å². The van der Waals surface area contributed by atoms with Gasteiger partial charge in [-0.3, -0.25) is 9.98 Å². The number of fused-ring (bicyclic) bond motifs is 1. The maximum atomic E-state index is 5.53. The fourth-order valence-electron chi connectivity index (χ4n) is 5.31. The molecule has 0 fully saturated rings. The summed E-state index contributed by atoms with van der Waals surface area (Å²) in [6.45, 7) is 6.44. The molecule has 1 N–H and O–H groups in total. The van der Waals surface area contributed by atoms with E-state index in [4.69, 9.17) is 14.5 Å². The molecular formula is C34H42N4O2. The molecule has 40 heavy (non-hydrogen) atoms. The minimum atomic E-state index is 0.243. The number of methoxy groups -OCH3 is 2. The van der Waals surface area contributed by atoms with Crippen molar-refractivity contribution in [2.75, 3.05) is 53.3 Å². The minimum absolute atomic E-state index is 0.243. The van der Waals surface area contributed by atoms with Crippen molar-refractivity contribution in [1.29, 1.82) is 0 Å². The van der Waals surface area contributed by atoms with E-state index < -0.39 is 0 Å². The molecule has 0 bridgehead atoms. The maximum Gasteiger partial charge on any atom is 0.122 e. The van der Waals surface area contributed by atoms with Gasteiger partial charge in [0.1, 0.15) is 11.5 Å². The van der Waals surface area contributed by atoms with E-state index in [1.807, 2.05) is 24.4 Å². The van der Waals surface area contributed by atoms with Crippen LogP contribution in [0.5, 0.6) is 11.5 Å². The van der Waals surface area contributed by atoms with E-state index in [1.165, 1.54) is 16.7 Å². The highest BCUT2D eigenvalue weighted by Gasteiger charge is 2.28. The third kappa shape index (κ3) is 7.39. The molecule has 210 valence electrons. The number of nitrogens with one attached hydrogen (secondary N) is 1. The van der Waals surface area contributed by atoms with Crippen LogP contribution >= 0.6 is 0 Å². The summed E-state index contributed by atoms with van der Waals surface area (Å²) >= 11 is 0. The van der Waals surface area contributed by atoms with Crippen molar-refractivity contribution in [2.24, 2.45) is 9.98 Å². The van der Waals surface area contributed by atoms with Gasteiger partial charge in [0.15, 0.2) is 0 Å². The van der Waals surface area contributed by atoms with E-state index in [2.05, 4.69) is 84.6 Å². The lowest BCUT2D eigenvalue weighted by Gasteiger charge is -2.29. The molecule has 0 saturated heterocycles. The highest BCUT2D eigenvalue weighted by Crippen LogP contribution is 2.40. The van der Waals surface area contributed by atoms with Crippen LogP contribution in [-0.2, 0) is 6.42 Å². The molecule has 1 aliphatic rings. The highest BCUT2D eigenvalue weighted by molar-refractivity contribution is 6.15. The molecule has 0 aromatic heterocycles. The number of benzene rings is 3. The molecule has 6 heteroatoms. The summed E-state index contributed by atoms with van der Waals surface area (Å²) in [5.41, 5.74) is 8.24. The molecule has 0 aliphatic heterocycles. The number of ether oxygens (including phenoxy) is 2. The average Bonchev–Trinajstić information content (AvgIpc) is 2.98. The second kappa shape index (κ2) is 14.5. The van der Waals surface area contributed by atoms with Crippen LogP contribution in [0.2, 0.25) is 0 Å². The van der Waals surface area contributed by atoms with Crippen LogP contribution in [-0.4, -0.2) is 65.3 Å². The monoisotopic (exact) mass is 538 g/mol. The van der Waals surface area contributed by atoms with Gasteiger partial charge in [0, 0.05) is 36.5 Å². The average molecular weight is 539 g/mol. The van der Waals surface area contributed by atoms with Gasteiger partial charge in [0.05, 0.1) is 19.9 Å². The lowest BCUT2D eigenvalue weighted by molar-refractivity contribution is 0.396. The summed E-state index contributed by atoms with van der Waals surface area (Å²) < 4.78 is 10.9. The molecule has 1 aliphatic carbocycles. The predicted molar refractivity (Wildman–Crippen MR) is 168 cm³/mol. The van der Waals surface area contributed by atoms with Crippen LogP contribution < -0.4 is 14.8 Å². The van der Waals surface area contributed by atoms with Crippen molar-refractivity contribution in [3.8, 4) is 11.5 Å². The molecule has 4 rings (SSSR count). The number of hydrogen-bond donors (Lipinski definition) is 1. The zero-order valence-corrected chi connectivity index (χ0v) is 24.3. The fraction of sp³-hybridized carbons (Fsp3) is 0.353. The maximum absolute atomic E-state index is 5.53. The Bertz CT molecular complexity index is 1330. The number of anilines is 1. The van der Waals surface area contributed by atoms with Crippen molar-refractivity contribution in [3.05, 3.63) is 101 Å². The van der Waals surface area contributed by atoms with Crippen LogP contribution in [0, 0.1) is 0 Å². The molecular weight excluding hydrogens is 496 g/mol. The van der Waals surface area contributed by atoms with Gasteiger partial charge in [-0.25, -0.2) is 0 Å². The molecule has 0 saturated carbocycles. The summed E-state index contributed by atoms with van der Waals surface area (Å²) in [5, 5.41) is 3.55. The Balaban J connectivity index is 1.47. The second-order valence-electron chi connectivity index (χ2n) is 10.4. The van der Waals surface area contributed by atoms with Crippen LogP contribution in [0.15, 0.2) is 88.5 Å². The summed E-state index contributed by atoms with van der Waals surface area (Å²) in [6.07, 6.45) is 5.79. The lowest BCUT2D eigenvalue weighted by Crippen LogP contribution is -2.21. The zero-order chi connectivity index (χ0) is 28.3. The number of rotatable bonds is 13. The summed E-state index contributed by atoms with van der Waals surface area (Å²) in [7, 11) is 7.61. The van der Waals surface area contributed by atoms with E-state index in [0.29, 0.717) is 0 Å². The molecule has 1 atom stereocenters. The van der Waals surface area contributed by atoms with Crippen LogP contribution in [0.25, 0.3) is 0 Å². The number of aliphatic imine (C=N–C) groups is 2. The van der Waals surface area contributed by atoms with Crippen LogP contribution in [0.3, 0.4) is 0 Å². The summed E-state index contributed by atoms with van der Waals surface area (Å²) in [4.78, 5) is 11.4. The standard InChI is InChI=1S/C34H42N4O2/c1-35-24-27-23-32(30-10-6-7-11-31(30)34(27)37-19-8-9-21-38(2)3)25-12-14-28(15-13-25)36-20-18-26-22-29(39-4)16-17-33(26)40-5/h6-7,10-17,22,24,32,36H,1,8-9,18-21,23H2,2-5H3/b27-24-,37-34?. The molecule has 0 amide bonds. The second-order valence-corrected chi connectivity index (χ2v) is 10.4. The van der Waals surface area contributed by atoms with Gasteiger partial charge in [-0.1, -0.05) is 36.4 Å². The van der Waals surface area contributed by atoms with Crippen molar-refractivity contribution in [3.63, 3.8) is 0 Å². The number of unbranched alkanes of at least 4 members (excludes halogenated alkanes) is 1. The largest absolute Gasteiger partial charge is 0.497 e. The molecule has 1 unspecified atom stereocenters. The molecule has 0 heterocycles. The van der Waals surface area contributed by atoms with Crippen molar-refractivity contribution in [1.82, 2.24) is 4.90 Å². The first kappa shape index (κ1) is 29.1. The van der Waals surface area contributed by atoms with E-state index in [1.54, 1.807) is 14.2 Å². The van der Waals surface area contributed by atoms with Crippen LogP contribution in [0.4, 0.5) is 5.69 Å². The van der Waals surface area contributed by atoms with E-state index in [-0.39, 0.29) is 5.92 Å². The Kier molecular flexibility index (Phi) is 10.5. The topological polar surface area (TPSA) is 58.5 Å². The Morgan fingerprint density at radius 2 is 1.80 bits per heavy atom. The van der Waals surface area contributed by atoms with Gasteiger partial charge in [-0.2, -0.15) is 0 Å². The number of allylic oxidation sites excluding steroid dienone is 1. The van der Waals surface area contributed by atoms with Gasteiger partial charge < -0.3 is 19.7 Å². The molecule has 3 aromatic carbocycles. The molecule has 0 spiro atoms. The fourth-order valence-corrected chi connectivity index (χ4v) is 5.31. The van der Waals surface area contributed by atoms with Gasteiger partial charge in [-0.05, 0) is 106 Å². The third-order valence-corrected chi connectivity index (χ3v) is 7.37. The summed E-state index contributed by atoms with van der Waals surface area (Å²) in [5.74, 6) is 1.96. The first-order chi connectivity index (χ1) is 19.5. The van der Waals surface area contributed by atoms with Crippen molar-refractivity contribution < 1.29 is 9.47 Å². The van der Waals surface area contributed by atoms with Crippen molar-refractivity contribution >= 4 is 18.1 Å². The van der Waals surface area contributed by atoms with Gasteiger partial charge >= 0.3 is 0 Å². The van der Waals surface area contributed by atoms with E-state index in [0.717, 1.165) is 79.4 Å². The molecule has 0 radical (unpaired) electrons.